The van der Waals surface area contributed by atoms with E-state index in [9.17, 15) is 5.11 Å². The van der Waals surface area contributed by atoms with Crippen molar-refractivity contribution in [2.75, 3.05) is 5.73 Å². The molecule has 0 radical (unpaired) electrons. The third-order valence-corrected chi connectivity index (χ3v) is 2.22. The summed E-state index contributed by atoms with van der Waals surface area (Å²) in [6.45, 7) is 5.91. The number of ether oxygens (including phenoxy) is 1. The molecule has 0 saturated heterocycles. The summed E-state index contributed by atoms with van der Waals surface area (Å²) >= 11 is 0. The Morgan fingerprint density at radius 3 is 2.17 bits per heavy atom. The zero-order valence-corrected chi connectivity index (χ0v) is 11.0. The Balaban J connectivity index is 0.000000771. The van der Waals surface area contributed by atoms with Crippen LogP contribution in [0.2, 0.25) is 0 Å². The zero-order valence-electron chi connectivity index (χ0n) is 11.0. The fourth-order valence-corrected chi connectivity index (χ4v) is 1.38. The summed E-state index contributed by atoms with van der Waals surface area (Å²) in [6, 6.07) is 12.3. The average molecular weight is 245 g/mol. The molecule has 0 aromatic heterocycles. The zero-order chi connectivity index (χ0) is 13.5. The van der Waals surface area contributed by atoms with Crippen molar-refractivity contribution in [2.24, 2.45) is 0 Å². The lowest BCUT2D eigenvalue weighted by molar-refractivity contribution is 0.411. The van der Waals surface area contributed by atoms with Crippen LogP contribution in [-0.2, 0) is 0 Å². The second-order valence-corrected chi connectivity index (χ2v) is 3.64. The normalized spacial score (nSPS) is 9.28. The van der Waals surface area contributed by atoms with Gasteiger partial charge in [0.2, 0.25) is 0 Å². The Morgan fingerprint density at radius 1 is 1.00 bits per heavy atom. The number of nitrogens with two attached hydrogens (primary N) is 1. The first-order valence-electron chi connectivity index (χ1n) is 5.98. The lowest BCUT2D eigenvalue weighted by atomic mass is 10.2. The van der Waals surface area contributed by atoms with Gasteiger partial charge in [-0.25, -0.2) is 0 Å². The maximum Gasteiger partial charge on any atom is 0.169 e. The molecule has 0 bridgehead atoms. The molecule has 3 N–H and O–H groups in total. The van der Waals surface area contributed by atoms with Gasteiger partial charge in [0, 0.05) is 5.69 Å². The highest BCUT2D eigenvalue weighted by atomic mass is 16.5. The van der Waals surface area contributed by atoms with Gasteiger partial charge in [-0.3, -0.25) is 0 Å². The molecule has 0 amide bonds. The van der Waals surface area contributed by atoms with Crippen molar-refractivity contribution in [1.29, 1.82) is 0 Å². The number of aryl methyl sites for hydroxylation is 1. The van der Waals surface area contributed by atoms with E-state index in [-0.39, 0.29) is 5.75 Å². The fraction of sp³-hybridized carbons (Fsp3) is 0.200. The van der Waals surface area contributed by atoms with Crippen LogP contribution >= 0.6 is 0 Å². The summed E-state index contributed by atoms with van der Waals surface area (Å²) in [7, 11) is 0. The van der Waals surface area contributed by atoms with E-state index in [0.717, 1.165) is 5.56 Å². The monoisotopic (exact) mass is 245 g/mol. The second-order valence-electron chi connectivity index (χ2n) is 3.64. The first-order chi connectivity index (χ1) is 8.65. The third-order valence-electron chi connectivity index (χ3n) is 2.22. The van der Waals surface area contributed by atoms with Gasteiger partial charge < -0.3 is 15.6 Å². The molecule has 3 heteroatoms. The predicted molar refractivity (Wildman–Crippen MR) is 75.1 cm³/mol. The molecule has 0 spiro atoms. The molecule has 18 heavy (non-hydrogen) atoms. The highest BCUT2D eigenvalue weighted by molar-refractivity contribution is 5.46. The van der Waals surface area contributed by atoms with Crippen molar-refractivity contribution < 1.29 is 9.84 Å². The topological polar surface area (TPSA) is 55.5 Å². The molecule has 3 nitrogen and oxygen atoms in total. The van der Waals surface area contributed by atoms with E-state index in [4.69, 9.17) is 10.5 Å². The van der Waals surface area contributed by atoms with Crippen molar-refractivity contribution in [1.82, 2.24) is 0 Å². The standard InChI is InChI=1S/C13H13NO2.C2H6/c1-9-2-7-13(12(15)8-9)16-11-5-3-10(14)4-6-11;1-2/h2-8,15H,14H2,1H3;1-2H3. The molecule has 0 atom stereocenters. The largest absolute Gasteiger partial charge is 0.504 e. The number of nitrogen functional groups attached to an aromatic ring is 1. The van der Waals surface area contributed by atoms with Gasteiger partial charge in [0.1, 0.15) is 5.75 Å². The first-order valence-corrected chi connectivity index (χ1v) is 5.98. The first kappa shape index (κ1) is 13.9. The van der Waals surface area contributed by atoms with Gasteiger partial charge in [0.05, 0.1) is 0 Å². The predicted octanol–water partition coefficient (Wildman–Crippen LogP) is 4.10. The van der Waals surface area contributed by atoms with E-state index < -0.39 is 0 Å². The number of rotatable bonds is 2. The van der Waals surface area contributed by atoms with E-state index in [2.05, 4.69) is 0 Å². The van der Waals surface area contributed by atoms with Crippen LogP contribution in [0.5, 0.6) is 17.2 Å². The van der Waals surface area contributed by atoms with Gasteiger partial charge in [-0.05, 0) is 48.9 Å². The van der Waals surface area contributed by atoms with Gasteiger partial charge in [0.15, 0.2) is 11.5 Å². The summed E-state index contributed by atoms with van der Waals surface area (Å²) in [4.78, 5) is 0. The molecular formula is C15H19NO2. The molecule has 2 rings (SSSR count). The molecule has 0 saturated carbocycles. The van der Waals surface area contributed by atoms with Crippen molar-refractivity contribution >= 4 is 5.69 Å². The SMILES string of the molecule is CC.Cc1ccc(Oc2ccc(N)cc2)c(O)c1. The summed E-state index contributed by atoms with van der Waals surface area (Å²) < 4.78 is 5.51. The van der Waals surface area contributed by atoms with E-state index in [1.54, 1.807) is 36.4 Å². The number of hydrogen-bond donors (Lipinski definition) is 2. The highest BCUT2D eigenvalue weighted by Crippen LogP contribution is 2.31. The number of phenolic OH excluding ortho intramolecular Hbond substituents is 1. The average Bonchev–Trinajstić information content (AvgIpc) is 2.38. The number of anilines is 1. The van der Waals surface area contributed by atoms with E-state index >= 15 is 0 Å². The molecule has 2 aromatic carbocycles. The van der Waals surface area contributed by atoms with Crippen molar-refractivity contribution in [3.63, 3.8) is 0 Å². The van der Waals surface area contributed by atoms with Gasteiger partial charge in [-0.15, -0.1) is 0 Å². The lowest BCUT2D eigenvalue weighted by Crippen LogP contribution is -1.87. The van der Waals surface area contributed by atoms with Crippen LogP contribution in [0.1, 0.15) is 19.4 Å². The van der Waals surface area contributed by atoms with Crippen LogP contribution in [0.25, 0.3) is 0 Å². The minimum absolute atomic E-state index is 0.136. The summed E-state index contributed by atoms with van der Waals surface area (Å²) in [5, 5.41) is 9.66. The van der Waals surface area contributed by atoms with E-state index in [1.807, 2.05) is 26.8 Å². The van der Waals surface area contributed by atoms with Crippen molar-refractivity contribution in [3.8, 4) is 17.2 Å². The van der Waals surface area contributed by atoms with Crippen LogP contribution in [0.4, 0.5) is 5.69 Å². The molecule has 2 aromatic rings. The van der Waals surface area contributed by atoms with Crippen molar-refractivity contribution in [2.45, 2.75) is 20.8 Å². The van der Waals surface area contributed by atoms with E-state index in [1.165, 1.54) is 0 Å². The molecule has 0 unspecified atom stereocenters. The molecule has 0 aliphatic rings. The molecule has 0 heterocycles. The smallest absolute Gasteiger partial charge is 0.169 e. The summed E-state index contributed by atoms with van der Waals surface area (Å²) in [6.07, 6.45) is 0. The number of benzene rings is 2. The van der Waals surface area contributed by atoms with Gasteiger partial charge in [-0.2, -0.15) is 0 Å². The number of phenols is 1. The van der Waals surface area contributed by atoms with E-state index in [0.29, 0.717) is 17.2 Å². The Hall–Kier alpha value is -2.16. The highest BCUT2D eigenvalue weighted by Gasteiger charge is 2.03. The third kappa shape index (κ3) is 3.70. The minimum atomic E-state index is 0.136. The van der Waals surface area contributed by atoms with Crippen LogP contribution < -0.4 is 10.5 Å². The summed E-state index contributed by atoms with van der Waals surface area (Å²) in [5.41, 5.74) is 7.23. The maximum atomic E-state index is 9.66. The van der Waals surface area contributed by atoms with Gasteiger partial charge in [-0.1, -0.05) is 19.9 Å². The lowest BCUT2D eigenvalue weighted by Gasteiger charge is -2.08. The van der Waals surface area contributed by atoms with Gasteiger partial charge >= 0.3 is 0 Å². The number of aromatic hydroxyl groups is 1. The van der Waals surface area contributed by atoms with Crippen LogP contribution in [-0.4, -0.2) is 5.11 Å². The van der Waals surface area contributed by atoms with Crippen molar-refractivity contribution in [3.05, 3.63) is 48.0 Å². The quantitative estimate of drug-likeness (QED) is 0.783. The molecule has 96 valence electrons. The number of hydrogen-bond acceptors (Lipinski definition) is 3. The second kappa shape index (κ2) is 6.55. The molecule has 0 aliphatic heterocycles. The van der Waals surface area contributed by atoms with Crippen LogP contribution in [0, 0.1) is 6.92 Å². The maximum absolute atomic E-state index is 9.66. The molecular weight excluding hydrogens is 226 g/mol. The Bertz CT molecular complexity index is 492. The van der Waals surface area contributed by atoms with Crippen LogP contribution in [0.3, 0.4) is 0 Å². The summed E-state index contributed by atoms with van der Waals surface area (Å²) in [5.74, 6) is 1.22. The van der Waals surface area contributed by atoms with Gasteiger partial charge in [0.25, 0.3) is 0 Å². The Labute approximate surface area is 108 Å². The molecule has 0 fully saturated rings. The fourth-order valence-electron chi connectivity index (χ4n) is 1.38. The minimum Gasteiger partial charge on any atom is -0.504 e. The van der Waals surface area contributed by atoms with Crippen LogP contribution in [0.15, 0.2) is 42.5 Å². The Morgan fingerprint density at radius 2 is 1.61 bits per heavy atom. The Kier molecular flexibility index (Phi) is 5.06. The molecule has 0 aliphatic carbocycles.